The van der Waals surface area contributed by atoms with Crippen molar-refractivity contribution < 1.29 is 9.13 Å². The van der Waals surface area contributed by atoms with Crippen molar-refractivity contribution in [2.75, 3.05) is 11.9 Å². The molecule has 0 fully saturated rings. The van der Waals surface area contributed by atoms with Gasteiger partial charge in [-0.2, -0.15) is 5.10 Å². The molecule has 12 heteroatoms. The van der Waals surface area contributed by atoms with Gasteiger partial charge in [0.05, 0.1) is 25.2 Å². The van der Waals surface area contributed by atoms with Gasteiger partial charge in [0.1, 0.15) is 24.2 Å². The van der Waals surface area contributed by atoms with E-state index in [-0.39, 0.29) is 12.4 Å². The average Bonchev–Trinajstić information content (AvgIpc) is 3.70. The summed E-state index contributed by atoms with van der Waals surface area (Å²) in [7, 11) is 0. The van der Waals surface area contributed by atoms with Crippen molar-refractivity contribution in [1.82, 2.24) is 43.7 Å². The first-order valence-corrected chi connectivity index (χ1v) is 11.4. The fourth-order valence-corrected chi connectivity index (χ4v) is 4.67. The van der Waals surface area contributed by atoms with Crippen LogP contribution in [0.1, 0.15) is 16.8 Å². The number of ether oxygens (including phenoxy) is 1. The zero-order chi connectivity index (χ0) is 24.1. The van der Waals surface area contributed by atoms with Crippen molar-refractivity contribution in [2.45, 2.75) is 19.5 Å². The van der Waals surface area contributed by atoms with E-state index in [2.05, 4.69) is 35.6 Å². The van der Waals surface area contributed by atoms with Crippen LogP contribution in [-0.2, 0) is 19.5 Å². The lowest BCUT2D eigenvalue weighted by Crippen LogP contribution is -2.10. The molecule has 0 saturated heterocycles. The van der Waals surface area contributed by atoms with Crippen LogP contribution >= 0.6 is 0 Å². The van der Waals surface area contributed by atoms with Gasteiger partial charge in [0.15, 0.2) is 11.3 Å². The van der Waals surface area contributed by atoms with Gasteiger partial charge < -0.3 is 14.6 Å². The summed E-state index contributed by atoms with van der Waals surface area (Å²) in [4.78, 5) is 13.2. The Labute approximate surface area is 203 Å². The monoisotopic (exact) mass is 482 g/mol. The molecule has 11 nitrogen and oxygen atoms in total. The molecule has 5 aromatic heterocycles. The molecule has 36 heavy (non-hydrogen) atoms. The lowest BCUT2D eigenvalue weighted by Gasteiger charge is -2.13. The second-order valence-corrected chi connectivity index (χ2v) is 8.44. The van der Waals surface area contributed by atoms with Gasteiger partial charge in [-0.05, 0) is 24.3 Å². The number of pyridine rings is 1. The van der Waals surface area contributed by atoms with E-state index in [1.807, 2.05) is 22.9 Å². The third-order valence-electron chi connectivity index (χ3n) is 6.39. The molecule has 0 bridgehead atoms. The maximum Gasteiger partial charge on any atom is 0.210 e. The van der Waals surface area contributed by atoms with E-state index in [0.717, 1.165) is 28.1 Å². The molecule has 1 aliphatic rings. The van der Waals surface area contributed by atoms with Crippen molar-refractivity contribution in [3.63, 3.8) is 0 Å². The first-order valence-electron chi connectivity index (χ1n) is 11.4. The van der Waals surface area contributed by atoms with Crippen LogP contribution in [0.4, 0.5) is 10.3 Å². The number of aromatic nitrogens is 9. The van der Waals surface area contributed by atoms with Gasteiger partial charge in [0, 0.05) is 53.8 Å². The maximum atomic E-state index is 14.6. The predicted molar refractivity (Wildman–Crippen MR) is 127 cm³/mol. The summed E-state index contributed by atoms with van der Waals surface area (Å²) in [6.07, 6.45) is 10.9. The fraction of sp³-hybridized carbons (Fsp3) is 0.167. The Morgan fingerprint density at radius 2 is 2.03 bits per heavy atom. The minimum Gasteiger partial charge on any atom is -0.493 e. The van der Waals surface area contributed by atoms with Crippen molar-refractivity contribution in [3.8, 4) is 16.9 Å². The molecule has 0 amide bonds. The minimum atomic E-state index is -0.270. The Morgan fingerprint density at radius 1 is 1.06 bits per heavy atom. The molecule has 1 aromatic carbocycles. The van der Waals surface area contributed by atoms with E-state index in [0.29, 0.717) is 42.4 Å². The summed E-state index contributed by atoms with van der Waals surface area (Å²) in [5.74, 6) is 0.969. The molecule has 0 atom stereocenters. The Hall–Kier alpha value is -4.87. The van der Waals surface area contributed by atoms with Gasteiger partial charge in [-0.1, -0.05) is 0 Å². The number of nitrogens with zero attached hydrogens (tertiary/aromatic N) is 9. The molecule has 1 aliphatic heterocycles. The molecule has 0 saturated carbocycles. The van der Waals surface area contributed by atoms with E-state index in [4.69, 9.17) is 4.74 Å². The molecular weight excluding hydrogens is 463 g/mol. The highest BCUT2D eigenvalue weighted by molar-refractivity contribution is 5.86. The molecular formula is C24H19FN10O. The van der Waals surface area contributed by atoms with Crippen molar-refractivity contribution in [1.29, 1.82) is 0 Å². The highest BCUT2D eigenvalue weighted by Gasteiger charge is 2.21. The van der Waals surface area contributed by atoms with Crippen molar-refractivity contribution in [3.05, 3.63) is 84.5 Å². The van der Waals surface area contributed by atoms with E-state index in [1.54, 1.807) is 40.0 Å². The summed E-state index contributed by atoms with van der Waals surface area (Å²) in [5.41, 5.74) is 5.28. The van der Waals surface area contributed by atoms with Crippen LogP contribution in [0.15, 0.2) is 61.8 Å². The molecule has 0 spiro atoms. The average molecular weight is 482 g/mol. The van der Waals surface area contributed by atoms with Gasteiger partial charge in [0.25, 0.3) is 0 Å². The quantitative estimate of drug-likeness (QED) is 0.386. The Kier molecular flexibility index (Phi) is 4.62. The number of hydrogen-bond donors (Lipinski definition) is 1. The Morgan fingerprint density at radius 3 is 2.94 bits per heavy atom. The molecule has 0 unspecified atom stereocenters. The van der Waals surface area contributed by atoms with Crippen LogP contribution in [0.25, 0.3) is 22.4 Å². The number of rotatable bonds is 6. The lowest BCUT2D eigenvalue weighted by atomic mass is 10.0. The van der Waals surface area contributed by atoms with E-state index in [1.165, 1.54) is 12.4 Å². The first-order chi connectivity index (χ1) is 17.8. The maximum absolute atomic E-state index is 14.6. The number of anilines is 1. The molecule has 6 aromatic rings. The highest BCUT2D eigenvalue weighted by Crippen LogP contribution is 2.31. The summed E-state index contributed by atoms with van der Waals surface area (Å²) in [6.45, 7) is 1.42. The highest BCUT2D eigenvalue weighted by atomic mass is 19.1. The van der Waals surface area contributed by atoms with Crippen LogP contribution < -0.4 is 10.1 Å². The van der Waals surface area contributed by atoms with Gasteiger partial charge in [-0.15, -0.1) is 10.2 Å². The number of halogens is 1. The number of benzene rings is 1. The third kappa shape index (κ3) is 3.26. The minimum absolute atomic E-state index is 0.259. The molecule has 6 heterocycles. The van der Waals surface area contributed by atoms with Crippen molar-refractivity contribution in [2.24, 2.45) is 0 Å². The molecule has 0 aliphatic carbocycles. The normalized spacial score (nSPS) is 12.8. The first kappa shape index (κ1) is 20.5. The standard InChI is InChI=1S/C24H19FN10O/c25-20-3-4-21-16(5-8-36-21)18(20)9-27-24-28-10-19(23-32-30-14-34(23)24)17-2-1-15(11-33-7-6-26-13-33)35-22(17)29-12-31-35/h1-4,6-7,10,12-14H,5,8-9,11H2,(H,27,28). The SMILES string of the molecule is Fc1ccc2c(c1CNc1ncc(-c3ccc(Cn4ccnc4)n4ncnc34)c3nncn13)CCO2. The van der Waals surface area contributed by atoms with E-state index < -0.39 is 0 Å². The van der Waals surface area contributed by atoms with Crippen LogP contribution in [0.3, 0.4) is 0 Å². The van der Waals surface area contributed by atoms with Crippen LogP contribution in [0.2, 0.25) is 0 Å². The second kappa shape index (κ2) is 8.12. The van der Waals surface area contributed by atoms with E-state index >= 15 is 0 Å². The lowest BCUT2D eigenvalue weighted by molar-refractivity contribution is 0.356. The van der Waals surface area contributed by atoms with Gasteiger partial charge in [-0.25, -0.2) is 23.9 Å². The molecule has 178 valence electrons. The largest absolute Gasteiger partial charge is 0.493 e. The fourth-order valence-electron chi connectivity index (χ4n) is 4.67. The molecule has 7 rings (SSSR count). The Balaban J connectivity index is 1.25. The third-order valence-corrected chi connectivity index (χ3v) is 6.39. The number of hydrogen-bond acceptors (Lipinski definition) is 8. The zero-order valence-electron chi connectivity index (χ0n) is 18.9. The summed E-state index contributed by atoms with van der Waals surface area (Å²) in [6, 6.07) is 7.10. The van der Waals surface area contributed by atoms with Gasteiger partial charge in [-0.3, -0.25) is 4.40 Å². The van der Waals surface area contributed by atoms with Crippen LogP contribution in [0, 0.1) is 5.82 Å². The molecule has 0 radical (unpaired) electrons. The predicted octanol–water partition coefficient (Wildman–Crippen LogP) is 2.76. The number of fused-ring (bicyclic) bond motifs is 3. The summed E-state index contributed by atoms with van der Waals surface area (Å²) < 4.78 is 25.7. The van der Waals surface area contributed by atoms with Crippen LogP contribution in [0.5, 0.6) is 5.75 Å². The number of imidazole rings is 1. The number of nitrogens with one attached hydrogen (secondary N) is 1. The smallest absolute Gasteiger partial charge is 0.210 e. The Bertz CT molecular complexity index is 1720. The summed E-state index contributed by atoms with van der Waals surface area (Å²) in [5, 5.41) is 16.1. The second-order valence-electron chi connectivity index (χ2n) is 8.44. The zero-order valence-corrected chi connectivity index (χ0v) is 18.9. The van der Waals surface area contributed by atoms with Gasteiger partial charge >= 0.3 is 0 Å². The topological polar surface area (TPSA) is 112 Å². The van der Waals surface area contributed by atoms with E-state index in [9.17, 15) is 4.39 Å². The molecule has 1 N–H and O–H groups in total. The van der Waals surface area contributed by atoms with Crippen molar-refractivity contribution >= 4 is 17.2 Å². The summed E-state index contributed by atoms with van der Waals surface area (Å²) >= 11 is 0. The van der Waals surface area contributed by atoms with Crippen LogP contribution in [-0.4, -0.2) is 50.3 Å². The van der Waals surface area contributed by atoms with Gasteiger partial charge in [0.2, 0.25) is 5.95 Å².